The quantitative estimate of drug-likeness (QED) is 0.601. The summed E-state index contributed by atoms with van der Waals surface area (Å²) >= 11 is 0.906. The van der Waals surface area contributed by atoms with E-state index in [0.717, 1.165) is 11.3 Å². The fraction of sp³-hybridized carbons (Fsp3) is 0.300. The smallest absolute Gasteiger partial charge is 0.277 e. The Hall–Kier alpha value is -3.29. The van der Waals surface area contributed by atoms with Crippen LogP contribution < -0.4 is 10.5 Å². The summed E-state index contributed by atoms with van der Waals surface area (Å²) in [6, 6.07) is 4.96. The van der Waals surface area contributed by atoms with E-state index < -0.39 is 17.2 Å². The number of benzene rings is 1. The molecule has 2 atom stereocenters. The lowest BCUT2D eigenvalue weighted by Crippen LogP contribution is -2.22. The lowest BCUT2D eigenvalue weighted by atomic mass is 10.0. The molecule has 0 saturated heterocycles. The zero-order chi connectivity index (χ0) is 21.7. The van der Waals surface area contributed by atoms with Crippen LogP contribution in [0.4, 0.5) is 4.39 Å². The zero-order valence-electron chi connectivity index (χ0n) is 16.3. The molecule has 0 aliphatic carbocycles. The number of nitrogens with zero attached hydrogens (tertiary/aromatic N) is 3. The van der Waals surface area contributed by atoms with E-state index >= 15 is 4.39 Å². The number of halogens is 1. The van der Waals surface area contributed by atoms with Gasteiger partial charge < -0.3 is 20.0 Å². The molecule has 3 aromatic rings. The van der Waals surface area contributed by atoms with E-state index in [1.54, 1.807) is 25.1 Å². The minimum Gasteiger partial charge on any atom is -0.489 e. The minimum atomic E-state index is -1.84. The Labute approximate surface area is 174 Å². The maximum atomic E-state index is 15.2. The third-order valence-electron chi connectivity index (χ3n) is 4.44. The van der Waals surface area contributed by atoms with Crippen LogP contribution >= 0.6 is 11.3 Å². The van der Waals surface area contributed by atoms with E-state index in [-0.39, 0.29) is 28.1 Å². The van der Waals surface area contributed by atoms with Gasteiger partial charge in [0.2, 0.25) is 11.5 Å². The maximum Gasteiger partial charge on any atom is 0.277 e. The summed E-state index contributed by atoms with van der Waals surface area (Å²) in [6.07, 6.45) is 0. The van der Waals surface area contributed by atoms with Gasteiger partial charge in [0, 0.05) is 18.1 Å². The number of alkyl halides is 1. The highest BCUT2D eigenvalue weighted by Crippen LogP contribution is 2.45. The second-order valence-electron chi connectivity index (χ2n) is 7.21. The lowest BCUT2D eigenvalue weighted by molar-refractivity contribution is 0.0881. The van der Waals surface area contributed by atoms with Crippen molar-refractivity contribution in [1.29, 1.82) is 0 Å². The van der Waals surface area contributed by atoms with Gasteiger partial charge in [-0.1, -0.05) is 11.8 Å². The highest BCUT2D eigenvalue weighted by molar-refractivity contribution is 7.14. The first kappa shape index (κ1) is 20.0. The zero-order valence-corrected chi connectivity index (χ0v) is 17.1. The van der Waals surface area contributed by atoms with Crippen molar-refractivity contribution < 1.29 is 23.4 Å². The number of hydrogen-bond donors (Lipinski definition) is 2. The molecule has 0 spiro atoms. The van der Waals surface area contributed by atoms with Crippen LogP contribution in [0.25, 0.3) is 11.3 Å². The third-order valence-corrected chi connectivity index (χ3v) is 5.75. The Morgan fingerprint density at radius 2 is 2.20 bits per heavy atom. The molecular weight excluding hydrogens is 411 g/mol. The fourth-order valence-electron chi connectivity index (χ4n) is 2.90. The maximum absolute atomic E-state index is 15.2. The van der Waals surface area contributed by atoms with Gasteiger partial charge in [-0.15, -0.1) is 21.5 Å². The molecule has 3 N–H and O–H groups in total. The summed E-state index contributed by atoms with van der Waals surface area (Å²) in [6.45, 7) is 4.18. The molecule has 0 radical (unpaired) electrons. The molecule has 1 aliphatic heterocycles. The van der Waals surface area contributed by atoms with E-state index in [0.29, 0.717) is 22.8 Å². The van der Waals surface area contributed by atoms with Gasteiger partial charge >= 0.3 is 0 Å². The predicted octanol–water partition coefficient (Wildman–Crippen LogP) is 2.44. The Morgan fingerprint density at radius 1 is 1.43 bits per heavy atom. The van der Waals surface area contributed by atoms with Crippen molar-refractivity contribution in [3.8, 4) is 28.8 Å². The molecule has 2 aromatic heterocycles. The fourth-order valence-corrected chi connectivity index (χ4v) is 3.85. The van der Waals surface area contributed by atoms with Gasteiger partial charge in [-0.25, -0.2) is 9.37 Å². The van der Waals surface area contributed by atoms with Gasteiger partial charge in [-0.2, -0.15) is 0 Å². The van der Waals surface area contributed by atoms with Gasteiger partial charge in [0.25, 0.3) is 11.8 Å². The van der Waals surface area contributed by atoms with E-state index in [2.05, 4.69) is 27.0 Å². The van der Waals surface area contributed by atoms with Gasteiger partial charge in [0.05, 0.1) is 10.6 Å². The SMILES string of the molecule is Cc1nnc([C@](C)(O)C#Cc2ccc3c(c2)-c2nc(C(N)=O)sc2[C@](C)(F)CO3)o1. The van der Waals surface area contributed by atoms with Crippen molar-refractivity contribution in [3.63, 3.8) is 0 Å². The molecule has 0 unspecified atom stereocenters. The molecule has 1 aromatic carbocycles. The van der Waals surface area contributed by atoms with E-state index in [9.17, 15) is 9.90 Å². The lowest BCUT2D eigenvalue weighted by Gasteiger charge is -2.16. The minimum absolute atomic E-state index is 0.0166. The van der Waals surface area contributed by atoms with Crippen LogP contribution in [0, 0.1) is 18.8 Å². The van der Waals surface area contributed by atoms with Crippen LogP contribution in [0.15, 0.2) is 22.6 Å². The highest BCUT2D eigenvalue weighted by Gasteiger charge is 2.38. The standard InChI is InChI=1S/C20H17FN4O4S/c1-10-24-25-18(29-10)20(3,27)7-6-11-4-5-13-12(8-11)14-15(19(2,21)9-28-13)30-17(23-14)16(22)26/h4-5,8,27H,9H2,1-3H3,(H2,22,26)/t19-,20-/m1/s1. The average molecular weight is 428 g/mol. The molecule has 8 nitrogen and oxygen atoms in total. The molecule has 0 bridgehead atoms. The number of amides is 1. The van der Waals surface area contributed by atoms with Crippen molar-refractivity contribution in [2.45, 2.75) is 32.0 Å². The number of aliphatic hydroxyl groups is 1. The van der Waals surface area contributed by atoms with Crippen LogP contribution in [0.1, 0.15) is 45.9 Å². The van der Waals surface area contributed by atoms with Gasteiger partial charge in [0.15, 0.2) is 10.7 Å². The van der Waals surface area contributed by atoms with Crippen molar-refractivity contribution >= 4 is 17.2 Å². The van der Waals surface area contributed by atoms with Crippen LogP contribution in [0.2, 0.25) is 0 Å². The van der Waals surface area contributed by atoms with Gasteiger partial charge in [-0.3, -0.25) is 4.79 Å². The largest absolute Gasteiger partial charge is 0.489 e. The average Bonchev–Trinajstić information content (AvgIpc) is 3.30. The van der Waals surface area contributed by atoms with Crippen molar-refractivity contribution in [3.05, 3.63) is 45.4 Å². The predicted molar refractivity (Wildman–Crippen MR) is 106 cm³/mol. The van der Waals surface area contributed by atoms with Gasteiger partial charge in [0.1, 0.15) is 12.4 Å². The number of aryl methyl sites for hydroxylation is 1. The Balaban J connectivity index is 1.78. The summed E-state index contributed by atoms with van der Waals surface area (Å²) in [4.78, 5) is 16.1. The normalized spacial score (nSPS) is 19.4. The highest BCUT2D eigenvalue weighted by atomic mass is 32.1. The molecule has 0 saturated carbocycles. The molecule has 0 fully saturated rings. The van der Waals surface area contributed by atoms with Crippen LogP contribution in [-0.2, 0) is 11.3 Å². The molecular formula is C20H17FN4O4S. The third kappa shape index (κ3) is 3.53. The molecule has 10 heteroatoms. The van der Waals surface area contributed by atoms with Crippen LogP contribution in [0.5, 0.6) is 5.75 Å². The van der Waals surface area contributed by atoms with E-state index in [4.69, 9.17) is 14.9 Å². The van der Waals surface area contributed by atoms with Crippen molar-refractivity contribution in [2.75, 3.05) is 6.61 Å². The topological polar surface area (TPSA) is 124 Å². The number of rotatable bonds is 2. The molecule has 1 aliphatic rings. The number of hydrogen-bond acceptors (Lipinski definition) is 8. The molecule has 4 rings (SSSR count). The number of fused-ring (bicyclic) bond motifs is 3. The van der Waals surface area contributed by atoms with E-state index in [1.807, 2.05) is 0 Å². The molecule has 30 heavy (non-hydrogen) atoms. The first-order chi connectivity index (χ1) is 14.1. The summed E-state index contributed by atoms with van der Waals surface area (Å²) in [5, 5.41) is 18.0. The Morgan fingerprint density at radius 3 is 2.87 bits per heavy atom. The summed E-state index contributed by atoms with van der Waals surface area (Å²) < 4.78 is 26.0. The van der Waals surface area contributed by atoms with Crippen molar-refractivity contribution in [2.24, 2.45) is 5.73 Å². The Kier molecular flexibility index (Phi) is 4.60. The van der Waals surface area contributed by atoms with Crippen LogP contribution in [-0.4, -0.2) is 32.8 Å². The summed E-state index contributed by atoms with van der Waals surface area (Å²) in [5.41, 5.74) is 3.12. The van der Waals surface area contributed by atoms with E-state index in [1.165, 1.54) is 13.8 Å². The number of nitrogens with two attached hydrogens (primary N) is 1. The molecule has 3 heterocycles. The second-order valence-corrected chi connectivity index (χ2v) is 8.21. The van der Waals surface area contributed by atoms with Crippen LogP contribution in [0.3, 0.4) is 0 Å². The van der Waals surface area contributed by atoms with Gasteiger partial charge in [-0.05, 0) is 32.0 Å². The first-order valence-corrected chi connectivity index (χ1v) is 9.72. The second kappa shape index (κ2) is 6.90. The number of carbonyl (C=O) groups excluding carboxylic acids is 1. The van der Waals surface area contributed by atoms with Crippen molar-refractivity contribution in [1.82, 2.24) is 15.2 Å². The number of aromatic nitrogens is 3. The monoisotopic (exact) mass is 428 g/mol. The first-order valence-electron chi connectivity index (χ1n) is 8.90. The number of ether oxygens (including phenoxy) is 1. The number of carbonyl (C=O) groups is 1. The summed E-state index contributed by atoms with van der Waals surface area (Å²) in [5.74, 6) is 5.51. The summed E-state index contributed by atoms with van der Waals surface area (Å²) in [7, 11) is 0. The number of primary amides is 1. The molecule has 1 amide bonds. The Bertz CT molecular complexity index is 1220. The molecule has 154 valence electrons. The number of thiazole rings is 1.